The molecule has 2 heterocycles. The van der Waals surface area contributed by atoms with Crippen molar-refractivity contribution in [1.29, 1.82) is 5.26 Å². The van der Waals surface area contributed by atoms with Gasteiger partial charge in [-0.15, -0.1) is 0 Å². The van der Waals surface area contributed by atoms with Gasteiger partial charge in [-0.1, -0.05) is 138 Å². The number of fused-ring (bicyclic) bond motifs is 6. The van der Waals surface area contributed by atoms with Crippen molar-refractivity contribution in [3.05, 3.63) is 267 Å². The molecule has 0 spiro atoms. The van der Waals surface area contributed by atoms with Gasteiger partial charge in [0.25, 0.3) is 0 Å². The van der Waals surface area contributed by atoms with Gasteiger partial charge in [0.1, 0.15) is 0 Å². The molecule has 7 heteroatoms. The van der Waals surface area contributed by atoms with E-state index in [1.807, 2.05) is 24.3 Å². The highest BCUT2D eigenvalue weighted by Crippen LogP contribution is 2.46. The summed E-state index contributed by atoms with van der Waals surface area (Å²) in [5.41, 5.74) is 24.0. The Bertz CT molecular complexity index is 4790. The van der Waals surface area contributed by atoms with E-state index in [2.05, 4.69) is 221 Å². The van der Waals surface area contributed by atoms with E-state index in [9.17, 15) is 5.26 Å². The van der Waals surface area contributed by atoms with Crippen LogP contribution < -0.4 is 0 Å². The molecule has 406 valence electrons. The van der Waals surface area contributed by atoms with Crippen molar-refractivity contribution in [2.75, 3.05) is 0 Å². The van der Waals surface area contributed by atoms with Crippen LogP contribution in [0.3, 0.4) is 0 Å². The standard InChI is InChI=1S/C77H57F3N4/c1-44-10-22-60(48(5)32-44)52-15-27-72-67(36-52)68-37-53(61-23-11-45(2)33-49(61)6)16-28-73(68)83(72)59-21-14-57(43-81)65(42-59)66-40-56(64-26-20-58(82-9)41-71(64)77(78,79)80)19-31-74(66)84-75-29-17-54(62-24-12-46(3)34-50(62)7)38-69(75)70-39-55(18-30-76(70)84)63-25-13-47(4)35-51(63)8/h10-42H,1-8H3. The first-order valence-electron chi connectivity index (χ1n) is 28.2. The van der Waals surface area contributed by atoms with Crippen molar-refractivity contribution in [2.24, 2.45) is 0 Å². The third-order valence-corrected chi connectivity index (χ3v) is 17.0. The van der Waals surface area contributed by atoms with E-state index in [1.165, 1.54) is 45.5 Å². The maximum absolute atomic E-state index is 15.3. The van der Waals surface area contributed by atoms with E-state index in [1.54, 1.807) is 12.1 Å². The van der Waals surface area contributed by atoms with Crippen LogP contribution in [-0.4, -0.2) is 9.13 Å². The van der Waals surface area contributed by atoms with Gasteiger partial charge in [0.2, 0.25) is 0 Å². The smallest absolute Gasteiger partial charge is 0.309 e. The number of benzene rings is 11. The minimum atomic E-state index is -4.77. The van der Waals surface area contributed by atoms with Crippen molar-refractivity contribution in [3.63, 3.8) is 0 Å². The zero-order valence-corrected chi connectivity index (χ0v) is 48.0. The van der Waals surface area contributed by atoms with Gasteiger partial charge in [-0.25, -0.2) is 4.85 Å². The van der Waals surface area contributed by atoms with E-state index in [0.29, 0.717) is 22.4 Å². The first kappa shape index (κ1) is 53.1. The Morgan fingerprint density at radius 1 is 0.369 bits per heavy atom. The highest BCUT2D eigenvalue weighted by molar-refractivity contribution is 6.14. The van der Waals surface area contributed by atoms with Crippen LogP contribution in [0.15, 0.2) is 200 Å². The van der Waals surface area contributed by atoms with E-state index >= 15 is 13.2 Å². The number of halogens is 3. The van der Waals surface area contributed by atoms with Crippen molar-refractivity contribution < 1.29 is 13.2 Å². The second-order valence-electron chi connectivity index (χ2n) is 22.8. The zero-order chi connectivity index (χ0) is 58.5. The number of aryl methyl sites for hydroxylation is 8. The minimum Gasteiger partial charge on any atom is -0.309 e. The highest BCUT2D eigenvalue weighted by Gasteiger charge is 2.34. The van der Waals surface area contributed by atoms with Crippen molar-refractivity contribution in [1.82, 2.24) is 9.13 Å². The summed E-state index contributed by atoms with van der Waals surface area (Å²) in [6.45, 7) is 24.6. The average Bonchev–Trinajstić information content (AvgIpc) is 1.73. The molecular formula is C77H57F3N4. The van der Waals surface area contributed by atoms with Crippen LogP contribution in [0.25, 0.3) is 127 Å². The largest absolute Gasteiger partial charge is 0.415 e. The third-order valence-electron chi connectivity index (χ3n) is 17.0. The van der Waals surface area contributed by atoms with Crippen LogP contribution >= 0.6 is 0 Å². The Morgan fingerprint density at radius 3 is 1.13 bits per heavy atom. The van der Waals surface area contributed by atoms with Gasteiger partial charge >= 0.3 is 6.18 Å². The molecule has 13 aromatic rings. The summed E-state index contributed by atoms with van der Waals surface area (Å²) in [6, 6.07) is 69.9. The van der Waals surface area contributed by atoms with Gasteiger partial charge in [0.05, 0.1) is 51.5 Å². The van der Waals surface area contributed by atoms with Crippen molar-refractivity contribution in [3.8, 4) is 84.2 Å². The number of aromatic nitrogens is 2. The molecule has 0 N–H and O–H groups in total. The Labute approximate surface area is 487 Å². The van der Waals surface area contributed by atoms with E-state index in [-0.39, 0.29) is 16.8 Å². The summed E-state index contributed by atoms with van der Waals surface area (Å²) < 4.78 is 50.3. The lowest BCUT2D eigenvalue weighted by Crippen LogP contribution is -2.07. The molecule has 0 amide bonds. The minimum absolute atomic E-state index is 0.0718. The zero-order valence-electron chi connectivity index (χ0n) is 48.0. The highest BCUT2D eigenvalue weighted by atomic mass is 19.4. The first-order valence-corrected chi connectivity index (χ1v) is 28.2. The van der Waals surface area contributed by atoms with Crippen molar-refractivity contribution in [2.45, 2.75) is 61.6 Å². The Hall–Kier alpha value is -10.2. The molecule has 0 aliphatic rings. The predicted molar refractivity (Wildman–Crippen MR) is 342 cm³/mol. The van der Waals surface area contributed by atoms with Crippen LogP contribution in [0.5, 0.6) is 0 Å². The third kappa shape index (κ3) is 9.10. The SMILES string of the molecule is [C-]#[N+]c1ccc(-c2ccc(-n3c4ccc(-c5ccc(C)cc5C)cc4c4cc(-c5ccc(C)cc5C)ccc43)c(-c3cc(-n4c5ccc(-c6ccc(C)cc6C)cc5c5cc(-c6ccc(C)cc6C)ccc54)ccc3C#N)c2)c(C(F)(F)F)c1. The second-order valence-corrected chi connectivity index (χ2v) is 22.8. The quantitative estimate of drug-likeness (QED) is 0.140. The summed E-state index contributed by atoms with van der Waals surface area (Å²) in [7, 11) is 0. The predicted octanol–water partition coefficient (Wildman–Crippen LogP) is 21.8. The molecule has 0 saturated carbocycles. The summed E-state index contributed by atoms with van der Waals surface area (Å²) in [5.74, 6) is 0. The van der Waals surface area contributed by atoms with Crippen LogP contribution in [0, 0.1) is 73.3 Å². The molecule has 0 radical (unpaired) electrons. The number of nitriles is 1. The lowest BCUT2D eigenvalue weighted by atomic mass is 9.92. The summed E-state index contributed by atoms with van der Waals surface area (Å²) in [4.78, 5) is 3.38. The molecule has 0 unspecified atom stereocenters. The number of nitrogens with zero attached hydrogens (tertiary/aromatic N) is 4. The molecule has 13 rings (SSSR count). The van der Waals surface area contributed by atoms with Gasteiger partial charge in [-0.2, -0.15) is 18.4 Å². The molecular weight excluding hydrogens is 1040 g/mol. The summed E-state index contributed by atoms with van der Waals surface area (Å²) in [6.07, 6.45) is -4.77. The molecule has 0 bridgehead atoms. The number of alkyl halides is 3. The second kappa shape index (κ2) is 20.3. The van der Waals surface area contributed by atoms with Gasteiger partial charge in [-0.3, -0.25) is 0 Å². The molecule has 84 heavy (non-hydrogen) atoms. The molecule has 2 aromatic heterocycles. The van der Waals surface area contributed by atoms with Gasteiger partial charge in [0.15, 0.2) is 5.69 Å². The normalized spacial score (nSPS) is 11.7. The average molecular weight is 1100 g/mol. The van der Waals surface area contributed by atoms with Crippen LogP contribution in [0.2, 0.25) is 0 Å². The van der Waals surface area contributed by atoms with Crippen LogP contribution in [0.4, 0.5) is 18.9 Å². The molecule has 4 nitrogen and oxygen atoms in total. The van der Waals surface area contributed by atoms with Crippen LogP contribution in [-0.2, 0) is 6.18 Å². The Kier molecular flexibility index (Phi) is 12.9. The van der Waals surface area contributed by atoms with E-state index in [0.717, 1.165) is 111 Å². The fraction of sp³-hybridized carbons (Fsp3) is 0.117. The maximum atomic E-state index is 15.3. The Balaban J connectivity index is 1.10. The van der Waals surface area contributed by atoms with Gasteiger partial charge in [0, 0.05) is 38.4 Å². The first-order chi connectivity index (χ1) is 40.4. The summed E-state index contributed by atoms with van der Waals surface area (Å²) >= 11 is 0. The van der Waals surface area contributed by atoms with Crippen molar-refractivity contribution >= 4 is 49.3 Å². The number of rotatable bonds is 8. The summed E-state index contributed by atoms with van der Waals surface area (Å²) in [5, 5.41) is 15.4. The van der Waals surface area contributed by atoms with Crippen LogP contribution in [0.1, 0.15) is 55.6 Å². The van der Waals surface area contributed by atoms with Gasteiger partial charge in [-0.05, 0) is 218 Å². The fourth-order valence-corrected chi connectivity index (χ4v) is 13.0. The lowest BCUT2D eigenvalue weighted by Gasteiger charge is -2.20. The molecule has 0 atom stereocenters. The topological polar surface area (TPSA) is 38.0 Å². The van der Waals surface area contributed by atoms with E-state index < -0.39 is 11.7 Å². The monoisotopic (exact) mass is 1090 g/mol. The Morgan fingerprint density at radius 2 is 0.750 bits per heavy atom. The number of hydrogen-bond acceptors (Lipinski definition) is 1. The molecule has 0 aliphatic carbocycles. The lowest BCUT2D eigenvalue weighted by molar-refractivity contribution is -0.137. The fourth-order valence-electron chi connectivity index (χ4n) is 13.0. The molecule has 0 fully saturated rings. The molecule has 0 aliphatic heterocycles. The number of hydrogen-bond donors (Lipinski definition) is 0. The van der Waals surface area contributed by atoms with E-state index in [4.69, 9.17) is 6.57 Å². The maximum Gasteiger partial charge on any atom is 0.415 e. The molecule has 0 saturated heterocycles. The van der Waals surface area contributed by atoms with Gasteiger partial charge < -0.3 is 9.13 Å². The molecule has 11 aromatic carbocycles.